The number of halogens is 2. The minimum atomic E-state index is -0.932. The van der Waals surface area contributed by atoms with Crippen molar-refractivity contribution in [1.29, 1.82) is 0 Å². The largest absolute Gasteiger partial charge is 0.482 e. The Balaban J connectivity index is 1.44. The van der Waals surface area contributed by atoms with Crippen LogP contribution in [0.3, 0.4) is 0 Å². The number of carbonyl (C=O) groups is 2. The van der Waals surface area contributed by atoms with E-state index in [4.69, 9.17) is 4.74 Å². The Morgan fingerprint density at radius 1 is 1.16 bits per heavy atom. The first-order valence-electron chi connectivity index (χ1n) is 10.2. The Bertz CT molecular complexity index is 1220. The van der Waals surface area contributed by atoms with Gasteiger partial charge < -0.3 is 15.0 Å². The normalized spacial score (nSPS) is 15.2. The molecule has 2 aromatic carbocycles. The lowest BCUT2D eigenvalue weighted by molar-refractivity contribution is -0.120. The molecule has 6 nitrogen and oxygen atoms in total. The summed E-state index contributed by atoms with van der Waals surface area (Å²) in [5.74, 6) is -1.84. The second-order valence-corrected chi connectivity index (χ2v) is 7.91. The Labute approximate surface area is 182 Å². The molecule has 0 unspecified atom stereocenters. The molecule has 1 aromatic heterocycles. The summed E-state index contributed by atoms with van der Waals surface area (Å²) < 4.78 is 33.3. The van der Waals surface area contributed by atoms with Crippen LogP contribution in [-0.4, -0.2) is 30.5 Å². The molecule has 8 heteroatoms. The van der Waals surface area contributed by atoms with E-state index in [0.717, 1.165) is 41.8 Å². The molecule has 3 aromatic rings. The minimum absolute atomic E-state index is 0.0171. The molecule has 0 bridgehead atoms. The number of nitrogens with zero attached hydrogens (tertiary/aromatic N) is 2. The molecule has 1 aliphatic heterocycles. The number of anilines is 2. The van der Waals surface area contributed by atoms with Crippen LogP contribution in [0.4, 0.5) is 20.2 Å². The topological polar surface area (TPSA) is 71.5 Å². The zero-order chi connectivity index (χ0) is 22.4. The highest BCUT2D eigenvalue weighted by molar-refractivity contribution is 6.04. The molecule has 1 saturated carbocycles. The van der Waals surface area contributed by atoms with Crippen LogP contribution in [0.25, 0.3) is 11.3 Å². The number of hydrogen-bond donors (Lipinski definition) is 1. The van der Waals surface area contributed by atoms with Crippen LogP contribution in [0.1, 0.15) is 34.7 Å². The molecular formula is C24H19F2N3O3. The first-order chi connectivity index (χ1) is 15.4. The van der Waals surface area contributed by atoms with Crippen molar-refractivity contribution in [2.45, 2.75) is 18.8 Å². The summed E-state index contributed by atoms with van der Waals surface area (Å²) in [5, 5.41) is 2.48. The van der Waals surface area contributed by atoms with E-state index in [1.54, 1.807) is 24.1 Å². The van der Waals surface area contributed by atoms with Crippen LogP contribution < -0.4 is 15.0 Å². The lowest BCUT2D eigenvalue weighted by atomic mass is 9.97. The number of pyridine rings is 1. The van der Waals surface area contributed by atoms with E-state index in [-0.39, 0.29) is 12.5 Å². The maximum atomic E-state index is 13.9. The summed E-state index contributed by atoms with van der Waals surface area (Å²) in [4.78, 5) is 30.4. The van der Waals surface area contributed by atoms with E-state index in [9.17, 15) is 18.4 Å². The SMILES string of the molecule is CN1C(=O)COc2cc(-c3ccc(NC(=O)c4c(F)cccc4F)cn3)c(C3CC3)cc21. The maximum Gasteiger partial charge on any atom is 0.264 e. The van der Waals surface area contributed by atoms with Crippen molar-refractivity contribution < 1.29 is 23.1 Å². The van der Waals surface area contributed by atoms with Gasteiger partial charge in [0.25, 0.3) is 11.8 Å². The van der Waals surface area contributed by atoms with Crippen molar-refractivity contribution in [2.24, 2.45) is 0 Å². The van der Waals surface area contributed by atoms with Crippen LogP contribution in [0.5, 0.6) is 5.75 Å². The van der Waals surface area contributed by atoms with Crippen LogP contribution in [0.15, 0.2) is 48.7 Å². The maximum absolute atomic E-state index is 13.9. The fourth-order valence-electron chi connectivity index (χ4n) is 3.82. The molecule has 0 spiro atoms. The van der Waals surface area contributed by atoms with Crippen LogP contribution in [0, 0.1) is 11.6 Å². The lowest BCUT2D eigenvalue weighted by Gasteiger charge is -2.27. The molecule has 2 amide bonds. The van der Waals surface area contributed by atoms with Gasteiger partial charge in [-0.1, -0.05) is 6.07 Å². The third-order valence-corrected chi connectivity index (χ3v) is 5.72. The highest BCUT2D eigenvalue weighted by Crippen LogP contribution is 2.48. The number of hydrogen-bond acceptors (Lipinski definition) is 4. The van der Waals surface area contributed by atoms with Crippen molar-refractivity contribution >= 4 is 23.2 Å². The van der Waals surface area contributed by atoms with Gasteiger partial charge in [-0.15, -0.1) is 0 Å². The first-order valence-corrected chi connectivity index (χ1v) is 10.2. The molecule has 1 fully saturated rings. The highest BCUT2D eigenvalue weighted by Gasteiger charge is 2.31. The number of aromatic nitrogens is 1. The highest BCUT2D eigenvalue weighted by atomic mass is 19.1. The van der Waals surface area contributed by atoms with Crippen molar-refractivity contribution in [1.82, 2.24) is 4.98 Å². The molecule has 0 radical (unpaired) electrons. The van der Waals surface area contributed by atoms with E-state index in [0.29, 0.717) is 23.0 Å². The monoisotopic (exact) mass is 435 g/mol. The van der Waals surface area contributed by atoms with Crippen molar-refractivity contribution in [3.63, 3.8) is 0 Å². The van der Waals surface area contributed by atoms with Gasteiger partial charge in [0.05, 0.1) is 23.3 Å². The zero-order valence-corrected chi connectivity index (χ0v) is 17.2. The summed E-state index contributed by atoms with van der Waals surface area (Å²) in [6.07, 6.45) is 3.57. The van der Waals surface area contributed by atoms with Gasteiger partial charge in [0, 0.05) is 12.6 Å². The molecule has 162 valence electrons. The van der Waals surface area contributed by atoms with Gasteiger partial charge in [0.15, 0.2) is 6.61 Å². The van der Waals surface area contributed by atoms with E-state index in [1.807, 2.05) is 12.1 Å². The summed E-state index contributed by atoms with van der Waals surface area (Å²) in [6, 6.07) is 10.5. The Morgan fingerprint density at radius 3 is 2.56 bits per heavy atom. The Kier molecular flexibility index (Phi) is 4.84. The molecule has 0 atom stereocenters. The van der Waals surface area contributed by atoms with Gasteiger partial charge in [-0.25, -0.2) is 8.78 Å². The first kappa shape index (κ1) is 20.1. The number of carbonyl (C=O) groups excluding carboxylic acids is 2. The van der Waals surface area contributed by atoms with Crippen LogP contribution in [-0.2, 0) is 4.79 Å². The standard InChI is InChI=1S/C24H19F2N3O3/c1-29-20-9-15(13-5-6-13)16(10-21(20)32-12-22(29)30)19-8-7-14(11-27-19)28-24(31)23-17(25)3-2-4-18(23)26/h2-4,7-11,13H,5-6,12H2,1H3,(H,28,31). The van der Waals surface area contributed by atoms with Crippen molar-refractivity contribution in [3.05, 3.63) is 71.4 Å². The molecule has 1 N–H and O–H groups in total. The van der Waals surface area contributed by atoms with Crippen LogP contribution >= 0.6 is 0 Å². The number of ether oxygens (including phenoxy) is 1. The minimum Gasteiger partial charge on any atom is -0.482 e. The lowest BCUT2D eigenvalue weighted by Crippen LogP contribution is -2.35. The van der Waals surface area contributed by atoms with E-state index in [2.05, 4.69) is 10.3 Å². The summed E-state index contributed by atoms with van der Waals surface area (Å²) >= 11 is 0. The molecule has 5 rings (SSSR count). The molecule has 0 saturated heterocycles. The average Bonchev–Trinajstić information content (AvgIpc) is 3.61. The number of amides is 2. The van der Waals surface area contributed by atoms with Crippen LogP contribution in [0.2, 0.25) is 0 Å². The predicted octanol–water partition coefficient (Wildman–Crippen LogP) is 4.51. The van der Waals surface area contributed by atoms with E-state index in [1.165, 1.54) is 12.3 Å². The number of fused-ring (bicyclic) bond motifs is 1. The second kappa shape index (κ2) is 7.71. The third kappa shape index (κ3) is 3.57. The average molecular weight is 435 g/mol. The summed E-state index contributed by atoms with van der Waals surface area (Å²) in [7, 11) is 1.73. The fraction of sp³-hybridized carbons (Fsp3) is 0.208. The van der Waals surface area contributed by atoms with Gasteiger partial charge >= 0.3 is 0 Å². The van der Waals surface area contributed by atoms with Gasteiger partial charge in [0.2, 0.25) is 0 Å². The zero-order valence-electron chi connectivity index (χ0n) is 17.2. The van der Waals surface area contributed by atoms with Crippen molar-refractivity contribution in [3.8, 4) is 17.0 Å². The van der Waals surface area contributed by atoms with Gasteiger partial charge in [-0.05, 0) is 60.7 Å². The quantitative estimate of drug-likeness (QED) is 0.655. The molecular weight excluding hydrogens is 416 g/mol. The van der Waals surface area contributed by atoms with Gasteiger partial charge in [0.1, 0.15) is 22.9 Å². The second-order valence-electron chi connectivity index (χ2n) is 7.91. The summed E-state index contributed by atoms with van der Waals surface area (Å²) in [5.41, 5.74) is 3.07. The smallest absolute Gasteiger partial charge is 0.264 e. The Morgan fingerprint density at radius 2 is 1.91 bits per heavy atom. The Hall–Kier alpha value is -3.81. The third-order valence-electron chi connectivity index (χ3n) is 5.72. The van der Waals surface area contributed by atoms with E-state index >= 15 is 0 Å². The van der Waals surface area contributed by atoms with E-state index < -0.39 is 23.1 Å². The number of rotatable bonds is 4. The fourth-order valence-corrected chi connectivity index (χ4v) is 3.82. The summed E-state index contributed by atoms with van der Waals surface area (Å²) in [6.45, 7) is -0.0171. The van der Waals surface area contributed by atoms with Crippen molar-refractivity contribution in [2.75, 3.05) is 23.9 Å². The molecule has 1 aliphatic carbocycles. The molecule has 2 heterocycles. The number of nitrogens with one attached hydrogen (secondary N) is 1. The number of likely N-dealkylation sites (N-methyl/N-ethyl adjacent to an activating group) is 1. The number of benzene rings is 2. The van der Waals surface area contributed by atoms with Gasteiger partial charge in [-0.3, -0.25) is 14.6 Å². The predicted molar refractivity (Wildman–Crippen MR) is 115 cm³/mol. The molecule has 2 aliphatic rings. The van der Waals surface area contributed by atoms with Gasteiger partial charge in [-0.2, -0.15) is 0 Å². The molecule has 32 heavy (non-hydrogen) atoms.